The van der Waals surface area contributed by atoms with E-state index in [4.69, 9.17) is 0 Å². The lowest BCUT2D eigenvalue weighted by atomic mass is 9.89. The Balaban J connectivity index is 2.47. The van der Waals surface area contributed by atoms with Gasteiger partial charge in [-0.1, -0.05) is 24.6 Å². The molecule has 1 aliphatic rings. The van der Waals surface area contributed by atoms with Crippen molar-refractivity contribution in [3.05, 3.63) is 34.9 Å². The first-order valence-electron chi connectivity index (χ1n) is 5.28. The molecule has 1 nitrogen and oxygen atoms in total. The third-order valence-corrected chi connectivity index (χ3v) is 3.44. The maximum atomic E-state index is 11.0. The molecule has 1 saturated carbocycles. The van der Waals surface area contributed by atoms with Crippen molar-refractivity contribution in [3.63, 3.8) is 0 Å². The number of carbonyl (C=O) groups is 1. The predicted octanol–water partition coefficient (Wildman–Crippen LogP) is 3.25. The highest BCUT2D eigenvalue weighted by Gasteiger charge is 2.43. The molecule has 0 aliphatic heterocycles. The van der Waals surface area contributed by atoms with Gasteiger partial charge in [0.1, 0.15) is 6.29 Å². The Morgan fingerprint density at radius 3 is 2.64 bits per heavy atom. The van der Waals surface area contributed by atoms with Gasteiger partial charge in [0.2, 0.25) is 0 Å². The number of aldehydes is 1. The van der Waals surface area contributed by atoms with E-state index in [1.165, 1.54) is 24.0 Å². The van der Waals surface area contributed by atoms with E-state index in [9.17, 15) is 4.79 Å². The van der Waals surface area contributed by atoms with Crippen LogP contribution in [0.5, 0.6) is 0 Å². The van der Waals surface area contributed by atoms with Gasteiger partial charge in [-0.2, -0.15) is 0 Å². The van der Waals surface area contributed by atoms with Gasteiger partial charge < -0.3 is 0 Å². The monoisotopic (exact) mass is 188 g/mol. The molecule has 0 spiro atoms. The molecule has 1 aliphatic carbocycles. The van der Waals surface area contributed by atoms with Crippen LogP contribution in [0, 0.1) is 6.92 Å². The van der Waals surface area contributed by atoms with E-state index in [2.05, 4.69) is 19.1 Å². The summed E-state index contributed by atoms with van der Waals surface area (Å²) >= 11 is 0. The maximum Gasteiger partial charge on any atom is 0.150 e. The molecule has 1 aromatic carbocycles. The van der Waals surface area contributed by atoms with Crippen molar-refractivity contribution in [3.8, 4) is 0 Å². The fourth-order valence-corrected chi connectivity index (χ4v) is 2.23. The van der Waals surface area contributed by atoms with E-state index in [0.29, 0.717) is 5.41 Å². The highest BCUT2D eigenvalue weighted by Crippen LogP contribution is 2.51. The first-order chi connectivity index (χ1) is 6.72. The minimum Gasteiger partial charge on any atom is -0.298 e. The second-order valence-corrected chi connectivity index (χ2v) is 4.34. The second kappa shape index (κ2) is 3.23. The Morgan fingerprint density at radius 1 is 1.43 bits per heavy atom. The first-order valence-corrected chi connectivity index (χ1v) is 5.28. The Hall–Kier alpha value is -1.11. The lowest BCUT2D eigenvalue weighted by molar-refractivity contribution is 0.112. The van der Waals surface area contributed by atoms with Crippen LogP contribution in [0.2, 0.25) is 0 Å². The lowest BCUT2D eigenvalue weighted by Gasteiger charge is -2.15. The number of hydrogen-bond acceptors (Lipinski definition) is 1. The van der Waals surface area contributed by atoms with Crippen molar-refractivity contribution in [2.75, 3.05) is 0 Å². The largest absolute Gasteiger partial charge is 0.298 e. The molecule has 0 atom stereocenters. The predicted molar refractivity (Wildman–Crippen MR) is 57.8 cm³/mol. The third-order valence-electron chi connectivity index (χ3n) is 3.44. The lowest BCUT2D eigenvalue weighted by Crippen LogP contribution is -2.08. The molecule has 2 rings (SSSR count). The van der Waals surface area contributed by atoms with Gasteiger partial charge in [-0.05, 0) is 43.2 Å². The molecule has 74 valence electrons. The second-order valence-electron chi connectivity index (χ2n) is 4.34. The molecule has 0 N–H and O–H groups in total. The van der Waals surface area contributed by atoms with Crippen LogP contribution in [0.25, 0.3) is 0 Å². The zero-order valence-electron chi connectivity index (χ0n) is 8.84. The highest BCUT2D eigenvalue weighted by atomic mass is 16.1. The van der Waals surface area contributed by atoms with Crippen LogP contribution in [0.4, 0.5) is 0 Å². The molecular weight excluding hydrogens is 172 g/mol. The molecule has 1 fully saturated rings. The highest BCUT2D eigenvalue weighted by molar-refractivity contribution is 5.78. The molecule has 0 saturated heterocycles. The zero-order chi connectivity index (χ0) is 10.2. The first kappa shape index (κ1) is 9.45. The minimum absolute atomic E-state index is 0.337. The van der Waals surface area contributed by atoms with Crippen molar-refractivity contribution in [2.24, 2.45) is 0 Å². The molecule has 0 unspecified atom stereocenters. The maximum absolute atomic E-state index is 11.0. The zero-order valence-corrected chi connectivity index (χ0v) is 8.84. The summed E-state index contributed by atoms with van der Waals surface area (Å²) in [5.74, 6) is 0. The Labute approximate surface area is 85.1 Å². The fourth-order valence-electron chi connectivity index (χ4n) is 2.23. The third kappa shape index (κ3) is 1.37. The summed E-state index contributed by atoms with van der Waals surface area (Å²) in [5.41, 5.74) is 3.66. The van der Waals surface area contributed by atoms with Crippen molar-refractivity contribution < 1.29 is 4.79 Å². The van der Waals surface area contributed by atoms with E-state index in [0.717, 1.165) is 18.3 Å². The van der Waals surface area contributed by atoms with Gasteiger partial charge in [0, 0.05) is 5.56 Å². The van der Waals surface area contributed by atoms with Gasteiger partial charge >= 0.3 is 0 Å². The van der Waals surface area contributed by atoms with E-state index >= 15 is 0 Å². The van der Waals surface area contributed by atoms with Crippen LogP contribution >= 0.6 is 0 Å². The molecule has 0 aromatic heterocycles. The molecular formula is C13H16O. The summed E-state index contributed by atoms with van der Waals surface area (Å²) in [6.45, 7) is 4.24. The van der Waals surface area contributed by atoms with Crippen LogP contribution in [0.3, 0.4) is 0 Å². The summed E-state index contributed by atoms with van der Waals surface area (Å²) in [5, 5.41) is 0. The van der Waals surface area contributed by atoms with Gasteiger partial charge in [-0.25, -0.2) is 0 Å². The van der Waals surface area contributed by atoms with Gasteiger partial charge in [0.05, 0.1) is 0 Å². The summed E-state index contributed by atoms with van der Waals surface area (Å²) in [7, 11) is 0. The SMILES string of the molecule is CCC1(c2ccc(C)cc2C=O)CC1. The quantitative estimate of drug-likeness (QED) is 0.665. The minimum atomic E-state index is 0.337. The van der Waals surface area contributed by atoms with Crippen molar-refractivity contribution in [1.82, 2.24) is 0 Å². The molecule has 1 aromatic rings. The molecule has 0 bridgehead atoms. The van der Waals surface area contributed by atoms with Crippen LogP contribution in [-0.2, 0) is 5.41 Å². The van der Waals surface area contributed by atoms with Gasteiger partial charge in [-0.3, -0.25) is 4.79 Å². The Morgan fingerprint density at radius 2 is 2.14 bits per heavy atom. The van der Waals surface area contributed by atoms with E-state index in [1.54, 1.807) is 0 Å². The van der Waals surface area contributed by atoms with Crippen molar-refractivity contribution in [2.45, 2.75) is 38.5 Å². The normalized spacial score (nSPS) is 17.9. The number of aryl methyl sites for hydroxylation is 1. The van der Waals surface area contributed by atoms with Gasteiger partial charge in [0.25, 0.3) is 0 Å². The molecule has 0 heterocycles. The van der Waals surface area contributed by atoms with Crippen LogP contribution in [0.1, 0.15) is 47.7 Å². The smallest absolute Gasteiger partial charge is 0.150 e. The number of benzene rings is 1. The Kier molecular flexibility index (Phi) is 2.18. The van der Waals surface area contributed by atoms with Gasteiger partial charge in [0.15, 0.2) is 0 Å². The van der Waals surface area contributed by atoms with E-state index < -0.39 is 0 Å². The topological polar surface area (TPSA) is 17.1 Å². The molecule has 0 radical (unpaired) electrons. The van der Waals surface area contributed by atoms with Gasteiger partial charge in [-0.15, -0.1) is 0 Å². The van der Waals surface area contributed by atoms with Crippen LogP contribution in [-0.4, -0.2) is 6.29 Å². The van der Waals surface area contributed by atoms with E-state index in [-0.39, 0.29) is 0 Å². The van der Waals surface area contributed by atoms with Crippen molar-refractivity contribution >= 4 is 6.29 Å². The number of rotatable bonds is 3. The summed E-state index contributed by atoms with van der Waals surface area (Å²) in [4.78, 5) is 11.0. The van der Waals surface area contributed by atoms with Crippen LogP contribution < -0.4 is 0 Å². The number of carbonyl (C=O) groups excluding carboxylic acids is 1. The molecule has 0 amide bonds. The average Bonchev–Trinajstić information content (AvgIpc) is 2.98. The fraction of sp³-hybridized carbons (Fsp3) is 0.462. The van der Waals surface area contributed by atoms with E-state index in [1.807, 2.05) is 13.0 Å². The summed E-state index contributed by atoms with van der Waals surface area (Å²) in [6, 6.07) is 6.24. The number of hydrogen-bond donors (Lipinski definition) is 0. The van der Waals surface area contributed by atoms with Crippen LogP contribution in [0.15, 0.2) is 18.2 Å². The molecule has 1 heteroatoms. The average molecular weight is 188 g/mol. The summed E-state index contributed by atoms with van der Waals surface area (Å²) in [6.07, 6.45) is 4.63. The molecule has 14 heavy (non-hydrogen) atoms. The van der Waals surface area contributed by atoms with Crippen molar-refractivity contribution in [1.29, 1.82) is 0 Å². The Bertz CT molecular complexity index is 361. The summed E-state index contributed by atoms with van der Waals surface area (Å²) < 4.78 is 0. The standard InChI is InChI=1S/C13H16O/c1-3-13(6-7-13)12-5-4-10(2)8-11(12)9-14/h4-5,8-9H,3,6-7H2,1-2H3.